The van der Waals surface area contributed by atoms with Gasteiger partial charge in [0.15, 0.2) is 0 Å². The molecule has 0 saturated carbocycles. The van der Waals surface area contributed by atoms with Gasteiger partial charge in [-0.2, -0.15) is 70.6 Å². The van der Waals surface area contributed by atoms with Gasteiger partial charge in [0.2, 0.25) is 0 Å². The van der Waals surface area contributed by atoms with E-state index in [0.717, 1.165) is 69.0 Å². The van der Waals surface area contributed by atoms with E-state index in [0.29, 0.717) is 0 Å². The van der Waals surface area contributed by atoms with Gasteiger partial charge in [0.25, 0.3) is 0 Å². The van der Waals surface area contributed by atoms with Crippen LogP contribution < -0.4 is 0 Å². The normalized spacial score (nSPS) is 16.0. The Labute approximate surface area is 487 Å². The van der Waals surface area contributed by atoms with Crippen molar-refractivity contribution in [1.82, 2.24) is 0 Å². The lowest BCUT2D eigenvalue weighted by Gasteiger charge is -2.15. The lowest BCUT2D eigenvalue weighted by molar-refractivity contribution is 1.22. The van der Waals surface area contributed by atoms with E-state index in [2.05, 4.69) is 289 Å². The molecule has 0 atom stereocenters. The summed E-state index contributed by atoms with van der Waals surface area (Å²) in [4.78, 5) is 0. The van der Waals surface area contributed by atoms with Crippen molar-refractivity contribution in [3.63, 3.8) is 0 Å². The molecule has 8 aromatic carbocycles. The van der Waals surface area contributed by atoms with E-state index >= 15 is 0 Å². The topological polar surface area (TPSA) is 0 Å². The predicted molar refractivity (Wildman–Crippen MR) is 355 cm³/mol. The van der Waals surface area contributed by atoms with Crippen LogP contribution in [0.15, 0.2) is 146 Å². The lowest BCUT2D eigenvalue weighted by atomic mass is 10.0. The van der Waals surface area contributed by atoms with Gasteiger partial charge in [-0.05, 0) is 206 Å². The summed E-state index contributed by atoms with van der Waals surface area (Å²) in [7, 11) is 0. The van der Waals surface area contributed by atoms with Crippen molar-refractivity contribution in [1.29, 1.82) is 0 Å². The second-order valence-corrected chi connectivity index (χ2v) is 27.2. The average molecular weight is 1120 g/mol. The molecule has 0 saturated heterocycles. The van der Waals surface area contributed by atoms with Gasteiger partial charge < -0.3 is 0 Å². The van der Waals surface area contributed by atoms with Gasteiger partial charge in [0.1, 0.15) is 0 Å². The minimum Gasteiger partial charge on any atom is -0.152 e. The highest BCUT2D eigenvalue weighted by Crippen LogP contribution is 2.34. The van der Waals surface area contributed by atoms with Gasteiger partial charge >= 0.3 is 0 Å². The highest BCUT2D eigenvalue weighted by molar-refractivity contribution is 7.98. The molecular formula is C72H60S6. The van der Waals surface area contributed by atoms with Crippen molar-refractivity contribution < 1.29 is 0 Å². The monoisotopic (exact) mass is 1120 g/mol. The van der Waals surface area contributed by atoms with Crippen LogP contribution >= 0.6 is 70.6 Å². The molecule has 8 aliphatic rings. The minimum absolute atomic E-state index is 1.08. The molecule has 0 amide bonds. The first-order valence-corrected chi connectivity index (χ1v) is 34.0. The molecule has 6 heteroatoms. The fraction of sp³-hybridized carbons (Fsp3) is 0.167. The Balaban J connectivity index is 0.000000150. The second kappa shape index (κ2) is 24.3. The maximum atomic E-state index is 2.48. The van der Waals surface area contributed by atoms with Gasteiger partial charge in [-0.15, -0.1) is 0 Å². The molecule has 384 valence electrons. The van der Waals surface area contributed by atoms with E-state index < -0.39 is 0 Å². The molecule has 8 aromatic rings. The number of benzene rings is 8. The predicted octanol–water partition coefficient (Wildman–Crippen LogP) is 20.9. The number of thioether (sulfide) groups is 6. The summed E-state index contributed by atoms with van der Waals surface area (Å²) < 4.78 is 0. The van der Waals surface area contributed by atoms with Gasteiger partial charge in [0, 0.05) is 69.0 Å². The van der Waals surface area contributed by atoms with E-state index in [1.165, 1.54) is 134 Å². The molecule has 0 unspecified atom stereocenters. The highest BCUT2D eigenvalue weighted by Gasteiger charge is 2.13. The van der Waals surface area contributed by atoms with Crippen LogP contribution in [-0.2, 0) is 69.0 Å². The summed E-state index contributed by atoms with van der Waals surface area (Å²) in [6.45, 7) is 0. The Hall–Kier alpha value is -5.70. The van der Waals surface area contributed by atoms with Crippen LogP contribution in [0.4, 0.5) is 0 Å². The molecule has 4 heterocycles. The zero-order valence-electron chi connectivity index (χ0n) is 43.7. The largest absolute Gasteiger partial charge is 0.152 e. The third-order valence-corrected chi connectivity index (χ3v) is 20.9. The average Bonchev–Trinajstić information content (AvgIpc) is 3.44. The molecule has 4 aliphatic heterocycles. The van der Waals surface area contributed by atoms with Crippen molar-refractivity contribution in [2.75, 3.05) is 0 Å². The summed E-state index contributed by atoms with van der Waals surface area (Å²) in [5, 5.41) is 0. The molecule has 24 bridgehead atoms. The summed E-state index contributed by atoms with van der Waals surface area (Å²) in [5.41, 5.74) is 32.1. The van der Waals surface area contributed by atoms with E-state index in [-0.39, 0.29) is 0 Å². The van der Waals surface area contributed by atoms with Crippen LogP contribution in [0.25, 0.3) is 72.9 Å². The first-order chi connectivity index (χ1) is 38.4. The van der Waals surface area contributed by atoms with Crippen molar-refractivity contribution in [3.8, 4) is 0 Å². The van der Waals surface area contributed by atoms with Crippen molar-refractivity contribution in [3.05, 3.63) is 279 Å². The number of hydrogen-bond acceptors (Lipinski definition) is 6. The van der Waals surface area contributed by atoms with Crippen LogP contribution in [0.1, 0.15) is 134 Å². The van der Waals surface area contributed by atoms with Crippen LogP contribution in [0.5, 0.6) is 0 Å². The summed E-state index contributed by atoms with van der Waals surface area (Å²) in [6, 6.07) is 56.9. The first-order valence-electron chi connectivity index (χ1n) is 27.0. The zero-order valence-corrected chi connectivity index (χ0v) is 48.6. The van der Waals surface area contributed by atoms with Crippen LogP contribution in [0.2, 0.25) is 0 Å². The number of fused-ring (bicyclic) bond motifs is 12. The molecule has 0 fully saturated rings. The van der Waals surface area contributed by atoms with Crippen molar-refractivity contribution in [2.45, 2.75) is 69.0 Å². The molecule has 0 spiro atoms. The molecule has 4 aliphatic carbocycles. The van der Waals surface area contributed by atoms with Gasteiger partial charge in [0.05, 0.1) is 0 Å². The maximum absolute atomic E-state index is 2.48. The Morgan fingerprint density at radius 3 is 0.308 bits per heavy atom. The van der Waals surface area contributed by atoms with Crippen molar-refractivity contribution in [2.24, 2.45) is 0 Å². The van der Waals surface area contributed by atoms with Gasteiger partial charge in [-0.25, -0.2) is 0 Å². The third-order valence-electron chi connectivity index (χ3n) is 14.5. The third kappa shape index (κ3) is 13.8. The number of rotatable bonds is 0. The van der Waals surface area contributed by atoms with Gasteiger partial charge in [-0.3, -0.25) is 0 Å². The van der Waals surface area contributed by atoms with E-state index in [4.69, 9.17) is 0 Å². The molecule has 0 aromatic heterocycles. The SMILES string of the molecule is C1=Cc2cc3cc(c2)C=Cc2cc4cc(c2)C=Cc2cc(cc(c2)C=C3)C=Cc2cc1cc(c2)C=C4.c1c2cc3cc1CSCc1cc4cc(c1)CSCc1cc(cc(c1)CSCc1cc(cc(c1)CSC4)CSC2)CSC3. The molecular weight excluding hydrogens is 1060 g/mol. The number of hydrogen-bond donors (Lipinski definition) is 0. The molecule has 0 N–H and O–H groups in total. The quantitative estimate of drug-likeness (QED) is 0.147. The highest BCUT2D eigenvalue weighted by atomic mass is 32.2. The Morgan fingerprint density at radius 2 is 0.218 bits per heavy atom. The fourth-order valence-electron chi connectivity index (χ4n) is 11.2. The second-order valence-electron chi connectivity index (χ2n) is 21.3. The lowest BCUT2D eigenvalue weighted by Crippen LogP contribution is -1.97. The fourth-order valence-corrected chi connectivity index (χ4v) is 16.6. The van der Waals surface area contributed by atoms with Crippen LogP contribution in [-0.4, -0.2) is 0 Å². The Kier molecular flexibility index (Phi) is 16.1. The molecule has 0 radical (unpaired) electrons. The summed E-state index contributed by atoms with van der Waals surface area (Å²) in [6.07, 6.45) is 26.7. The zero-order chi connectivity index (χ0) is 52.0. The molecule has 78 heavy (non-hydrogen) atoms. The molecule has 0 nitrogen and oxygen atoms in total. The molecule has 16 rings (SSSR count). The Morgan fingerprint density at radius 1 is 0.128 bits per heavy atom. The van der Waals surface area contributed by atoms with Gasteiger partial charge in [-0.1, -0.05) is 146 Å². The smallest absolute Gasteiger partial charge is 0.0188 e. The van der Waals surface area contributed by atoms with E-state index in [9.17, 15) is 0 Å². The summed E-state index contributed by atoms with van der Waals surface area (Å²) in [5.74, 6) is 12.9. The first kappa shape index (κ1) is 51.7. The van der Waals surface area contributed by atoms with Crippen molar-refractivity contribution >= 4 is 143 Å². The Bertz CT molecular complexity index is 2810. The standard InChI is InChI=1S/C36H36S6.C36H24/c1-25-2-27-3-26(1)14-38-17-29-5-31-9-33(7-29)22-42-24-36-11-34(18-39-15-27)10-35(12-36)23-41-21-32-6-28(16-37-13-25)4-30(8-32)19-40-20-31;1-2-26-15-29-7-9-33-19-31-5-3-27-13-25(1)14-28(17-27)4-6-32-20-34(10-8-30(16-26)18-29)24-36(22-32)12-11-35(21-31)23-33/h1-12H,13-24H2;1-24H. The maximum Gasteiger partial charge on any atom is 0.0188 e. The van der Waals surface area contributed by atoms with E-state index in [1.54, 1.807) is 0 Å². The van der Waals surface area contributed by atoms with Crippen LogP contribution in [0, 0.1) is 0 Å². The summed E-state index contributed by atoms with van der Waals surface area (Å²) >= 11 is 12.5. The van der Waals surface area contributed by atoms with E-state index in [1.807, 2.05) is 0 Å². The minimum atomic E-state index is 1.08. The van der Waals surface area contributed by atoms with Crippen LogP contribution in [0.3, 0.4) is 0 Å².